The molecule has 2 aliphatic heterocycles. The fourth-order valence-electron chi connectivity index (χ4n) is 3.90. The van der Waals surface area contributed by atoms with Crippen LogP contribution in [0.4, 0.5) is 0 Å². The smallest absolute Gasteiger partial charge is 0.123 e. The Morgan fingerprint density at radius 3 is 2.96 bits per heavy atom. The molecule has 1 aromatic heterocycles. The maximum absolute atomic E-state index is 12.7. The molecule has 0 fully saturated rings. The first-order chi connectivity index (χ1) is 11.5. The number of hydrogen-bond donors (Lipinski definition) is 1. The average Bonchev–Trinajstić information content (AvgIpc) is 3.18. The van der Waals surface area contributed by atoms with Gasteiger partial charge in [0, 0.05) is 29.9 Å². The molecule has 0 amide bonds. The van der Waals surface area contributed by atoms with E-state index in [9.17, 15) is 5.21 Å². The van der Waals surface area contributed by atoms with Crippen LogP contribution in [0, 0.1) is 5.21 Å². The third-order valence-corrected chi connectivity index (χ3v) is 5.38. The predicted molar refractivity (Wildman–Crippen MR) is 99.0 cm³/mol. The van der Waals surface area contributed by atoms with Crippen molar-refractivity contribution in [3.05, 3.63) is 58.7 Å². The zero-order valence-corrected chi connectivity index (χ0v) is 14.7. The molecule has 3 heterocycles. The molecule has 1 aromatic carbocycles. The Bertz CT molecular complexity index is 857. The van der Waals surface area contributed by atoms with Gasteiger partial charge < -0.3 is 19.7 Å². The lowest BCUT2D eigenvalue weighted by molar-refractivity contribution is -0.802. The van der Waals surface area contributed by atoms with Crippen molar-refractivity contribution in [2.75, 3.05) is 20.1 Å². The molecule has 126 valence electrons. The van der Waals surface area contributed by atoms with Crippen molar-refractivity contribution in [3.63, 3.8) is 0 Å². The van der Waals surface area contributed by atoms with E-state index in [0.717, 1.165) is 36.2 Å². The summed E-state index contributed by atoms with van der Waals surface area (Å²) in [6.07, 6.45) is 6.16. The lowest BCUT2D eigenvalue weighted by atomic mass is 9.93. The van der Waals surface area contributed by atoms with Gasteiger partial charge in [0.25, 0.3) is 0 Å². The minimum atomic E-state index is -0.342. The normalized spacial score (nSPS) is 24.8. The minimum absolute atomic E-state index is 0.342. The van der Waals surface area contributed by atoms with Gasteiger partial charge in [-0.15, -0.1) is 0 Å². The van der Waals surface area contributed by atoms with Crippen LogP contribution in [0.1, 0.15) is 38.3 Å². The fraction of sp³-hybridized carbons (Fsp3) is 0.400. The van der Waals surface area contributed by atoms with E-state index in [1.807, 2.05) is 6.20 Å². The van der Waals surface area contributed by atoms with E-state index in [0.29, 0.717) is 12.6 Å². The van der Waals surface area contributed by atoms with Crippen LogP contribution in [0.3, 0.4) is 0 Å². The van der Waals surface area contributed by atoms with Gasteiger partial charge in [0.15, 0.2) is 0 Å². The minimum Gasteiger partial charge on any atom is -0.628 e. The second-order valence-corrected chi connectivity index (χ2v) is 7.26. The van der Waals surface area contributed by atoms with Gasteiger partial charge in [-0.3, -0.25) is 0 Å². The molecule has 24 heavy (non-hydrogen) atoms. The third-order valence-electron chi connectivity index (χ3n) is 5.38. The lowest BCUT2D eigenvalue weighted by Gasteiger charge is -2.38. The zero-order valence-electron chi connectivity index (χ0n) is 14.7. The van der Waals surface area contributed by atoms with Crippen LogP contribution in [-0.4, -0.2) is 29.4 Å². The van der Waals surface area contributed by atoms with Crippen molar-refractivity contribution in [2.24, 2.45) is 0 Å². The van der Waals surface area contributed by atoms with E-state index < -0.39 is 0 Å². The van der Waals surface area contributed by atoms with Crippen LogP contribution in [0.2, 0.25) is 0 Å². The highest BCUT2D eigenvalue weighted by atomic mass is 16.5. The van der Waals surface area contributed by atoms with Gasteiger partial charge in [-0.25, -0.2) is 0 Å². The number of quaternary nitrogens is 1. The van der Waals surface area contributed by atoms with Gasteiger partial charge in [-0.2, -0.15) is 0 Å². The first-order valence-electron chi connectivity index (χ1n) is 8.85. The van der Waals surface area contributed by atoms with Crippen molar-refractivity contribution in [2.45, 2.75) is 32.7 Å². The van der Waals surface area contributed by atoms with E-state index in [-0.39, 0.29) is 4.65 Å². The Kier molecular flexibility index (Phi) is 3.55. The molecular weight excluding hydrogens is 298 g/mol. The maximum Gasteiger partial charge on any atom is 0.123 e. The molecule has 0 radical (unpaired) electrons. The number of nitrogens with zero attached hydrogens (tertiary/aromatic N) is 2. The standard InChI is InChI=1S/C20H25N3O/c1-4-14(2)22-10-8-15-5-6-16(11-20(15)22)18-12-23(3,24)13-19-17(18)7-9-21-19/h5-6,8,10-12,14,21H,4,7,9,13H2,1-3H3. The quantitative estimate of drug-likeness (QED) is 0.680. The second kappa shape index (κ2) is 5.50. The summed E-state index contributed by atoms with van der Waals surface area (Å²) in [5.41, 5.74) is 5.96. The van der Waals surface area contributed by atoms with Crippen LogP contribution < -0.4 is 5.32 Å². The van der Waals surface area contributed by atoms with E-state index >= 15 is 0 Å². The van der Waals surface area contributed by atoms with Gasteiger partial charge in [0.1, 0.15) is 12.7 Å². The molecule has 2 aromatic rings. The molecule has 1 N–H and O–H groups in total. The molecule has 0 bridgehead atoms. The topological polar surface area (TPSA) is 40.0 Å². The Hall–Kier alpha value is -2.04. The van der Waals surface area contributed by atoms with E-state index in [1.165, 1.54) is 16.5 Å². The highest BCUT2D eigenvalue weighted by Gasteiger charge is 2.29. The number of aromatic nitrogens is 1. The van der Waals surface area contributed by atoms with E-state index in [1.54, 1.807) is 7.05 Å². The first-order valence-corrected chi connectivity index (χ1v) is 8.85. The first kappa shape index (κ1) is 15.5. The van der Waals surface area contributed by atoms with Gasteiger partial charge in [-0.05, 0) is 48.4 Å². The van der Waals surface area contributed by atoms with Crippen LogP contribution in [0.5, 0.6) is 0 Å². The Morgan fingerprint density at radius 2 is 2.17 bits per heavy atom. The second-order valence-electron chi connectivity index (χ2n) is 7.26. The summed E-state index contributed by atoms with van der Waals surface area (Å²) in [6.45, 7) is 5.92. The number of hydrogen-bond acceptors (Lipinski definition) is 2. The zero-order chi connectivity index (χ0) is 16.9. The Morgan fingerprint density at radius 1 is 1.33 bits per heavy atom. The van der Waals surface area contributed by atoms with Crippen LogP contribution in [0.25, 0.3) is 16.5 Å². The van der Waals surface area contributed by atoms with Gasteiger partial charge in [0.2, 0.25) is 0 Å². The molecule has 4 rings (SSSR count). The molecule has 0 saturated carbocycles. The van der Waals surface area contributed by atoms with Gasteiger partial charge in [0.05, 0.1) is 12.7 Å². The number of allylic oxidation sites excluding steroid dienone is 1. The number of fused-ring (bicyclic) bond motifs is 1. The number of rotatable bonds is 3. The summed E-state index contributed by atoms with van der Waals surface area (Å²) in [4.78, 5) is 0. The molecule has 0 saturated heterocycles. The van der Waals surface area contributed by atoms with Gasteiger partial charge in [-0.1, -0.05) is 19.1 Å². The SMILES string of the molecule is CCC(C)n1ccc2ccc(C3=C[N+](C)([O-])CC4=C3CCN4)cc21. The summed E-state index contributed by atoms with van der Waals surface area (Å²) in [5.74, 6) is 0. The lowest BCUT2D eigenvalue weighted by Crippen LogP contribution is -2.38. The fourth-order valence-corrected chi connectivity index (χ4v) is 3.90. The highest BCUT2D eigenvalue weighted by Crippen LogP contribution is 2.37. The molecule has 4 nitrogen and oxygen atoms in total. The number of benzene rings is 1. The Labute approximate surface area is 143 Å². The van der Waals surface area contributed by atoms with Crippen molar-refractivity contribution in [1.29, 1.82) is 0 Å². The van der Waals surface area contributed by atoms with Crippen LogP contribution in [0.15, 0.2) is 47.9 Å². The van der Waals surface area contributed by atoms with Crippen molar-refractivity contribution in [1.82, 2.24) is 9.88 Å². The highest BCUT2D eigenvalue weighted by molar-refractivity contribution is 5.88. The molecule has 0 aliphatic carbocycles. The number of hydroxylamine groups is 3. The summed E-state index contributed by atoms with van der Waals surface area (Å²) in [6, 6.07) is 9.24. The third kappa shape index (κ3) is 2.46. The molecular formula is C20H25N3O. The molecule has 0 spiro atoms. The summed E-state index contributed by atoms with van der Waals surface area (Å²) < 4.78 is 2.00. The largest absolute Gasteiger partial charge is 0.628 e. The molecule has 2 atom stereocenters. The van der Waals surface area contributed by atoms with Crippen molar-refractivity contribution >= 4 is 16.5 Å². The summed E-state index contributed by atoms with van der Waals surface area (Å²) in [7, 11) is 1.73. The van der Waals surface area contributed by atoms with Crippen LogP contribution in [-0.2, 0) is 0 Å². The Balaban J connectivity index is 1.85. The van der Waals surface area contributed by atoms with Crippen LogP contribution >= 0.6 is 0 Å². The number of nitrogens with one attached hydrogen (secondary N) is 1. The van der Waals surface area contributed by atoms with Crippen molar-refractivity contribution in [3.8, 4) is 0 Å². The van der Waals surface area contributed by atoms with Gasteiger partial charge >= 0.3 is 0 Å². The molecule has 2 unspecified atom stereocenters. The summed E-state index contributed by atoms with van der Waals surface area (Å²) >= 11 is 0. The predicted octanol–water partition coefficient (Wildman–Crippen LogP) is 4.16. The molecule has 2 aliphatic rings. The van der Waals surface area contributed by atoms with Crippen molar-refractivity contribution < 1.29 is 4.65 Å². The maximum atomic E-state index is 12.7. The summed E-state index contributed by atoms with van der Waals surface area (Å²) in [5, 5.41) is 17.3. The molecule has 4 heteroatoms. The monoisotopic (exact) mass is 323 g/mol. The van der Waals surface area contributed by atoms with E-state index in [4.69, 9.17) is 0 Å². The van der Waals surface area contributed by atoms with E-state index in [2.05, 4.69) is 54.2 Å². The average molecular weight is 323 g/mol. The number of likely N-dealkylation sites (N-methyl/N-ethyl adjacent to an activating group) is 1.